The first kappa shape index (κ1) is 35.1. The Bertz CT molecular complexity index is 2270. The second kappa shape index (κ2) is 13.3. The number of ether oxygens (including phenoxy) is 1. The van der Waals surface area contributed by atoms with Crippen molar-refractivity contribution >= 4 is 46.6 Å². The highest BCUT2D eigenvalue weighted by molar-refractivity contribution is 6.23. The number of nitrogens with zero attached hydrogens (tertiary/aromatic N) is 7. The van der Waals surface area contributed by atoms with Crippen LogP contribution in [0.1, 0.15) is 88.7 Å². The largest absolute Gasteiger partial charge is 0.489 e. The highest BCUT2D eigenvalue weighted by Crippen LogP contribution is 2.40. The van der Waals surface area contributed by atoms with Crippen molar-refractivity contribution in [2.45, 2.75) is 83.3 Å². The maximum atomic E-state index is 13.4. The first-order valence-electron chi connectivity index (χ1n) is 19.0. The zero-order chi connectivity index (χ0) is 38.2. The summed E-state index contributed by atoms with van der Waals surface area (Å²) in [5.74, 6) is -1.62. The zero-order valence-electron chi connectivity index (χ0n) is 31.1. The quantitative estimate of drug-likeness (QED) is 0.255. The molecule has 55 heavy (non-hydrogen) atoms. The van der Waals surface area contributed by atoms with E-state index < -0.39 is 29.7 Å². The Morgan fingerprint density at radius 1 is 0.982 bits per heavy atom. The van der Waals surface area contributed by atoms with Gasteiger partial charge in [0, 0.05) is 69.8 Å². The number of rotatable bonds is 8. The van der Waals surface area contributed by atoms with E-state index in [1.807, 2.05) is 19.9 Å². The summed E-state index contributed by atoms with van der Waals surface area (Å²) in [7, 11) is 0. The molecule has 3 saturated heterocycles. The average molecular weight is 746 g/mol. The summed E-state index contributed by atoms with van der Waals surface area (Å²) >= 11 is 0. The normalized spacial score (nSPS) is 21.6. The smallest absolute Gasteiger partial charge is 0.262 e. The lowest BCUT2D eigenvalue weighted by molar-refractivity contribution is -0.136. The molecule has 5 aliphatic rings. The van der Waals surface area contributed by atoms with Gasteiger partial charge in [0.05, 0.1) is 34.7 Å². The molecule has 9 rings (SSSR count). The van der Waals surface area contributed by atoms with Crippen LogP contribution in [-0.4, -0.2) is 109 Å². The van der Waals surface area contributed by atoms with Crippen LogP contribution in [0.2, 0.25) is 0 Å². The summed E-state index contributed by atoms with van der Waals surface area (Å²) in [6.45, 7) is 11.4. The molecule has 1 unspecified atom stereocenters. The molecule has 2 N–H and O–H groups in total. The summed E-state index contributed by atoms with van der Waals surface area (Å²) in [4.78, 5) is 76.8. The Balaban J connectivity index is 0.820. The molecular weight excluding hydrogens is 702 g/mol. The molecule has 2 aromatic carbocycles. The Hall–Kier alpha value is -5.67. The van der Waals surface area contributed by atoms with Crippen LogP contribution in [0.5, 0.6) is 5.75 Å². The van der Waals surface area contributed by atoms with Crippen LogP contribution in [0.25, 0.3) is 5.65 Å². The van der Waals surface area contributed by atoms with Crippen molar-refractivity contribution in [2.75, 3.05) is 36.4 Å². The minimum Gasteiger partial charge on any atom is -0.489 e. The third-order valence-corrected chi connectivity index (χ3v) is 11.8. The third-order valence-electron chi connectivity index (χ3n) is 11.8. The van der Waals surface area contributed by atoms with Gasteiger partial charge in [-0.1, -0.05) is 0 Å². The first-order chi connectivity index (χ1) is 26.5. The van der Waals surface area contributed by atoms with Crippen molar-refractivity contribution in [2.24, 2.45) is 0 Å². The summed E-state index contributed by atoms with van der Waals surface area (Å²) in [5, 5.41) is 9.59. The number of aromatic nitrogens is 3. The number of carbonyl (C=O) groups is 5. The Morgan fingerprint density at radius 3 is 2.47 bits per heavy atom. The van der Waals surface area contributed by atoms with Gasteiger partial charge in [0.15, 0.2) is 5.65 Å². The van der Waals surface area contributed by atoms with E-state index in [4.69, 9.17) is 4.74 Å². The summed E-state index contributed by atoms with van der Waals surface area (Å²) in [6.07, 6.45) is 7.16. The van der Waals surface area contributed by atoms with E-state index in [1.165, 1.54) is 17.3 Å². The number of hydrogen-bond donors (Lipinski definition) is 2. The van der Waals surface area contributed by atoms with Crippen LogP contribution in [0.15, 0.2) is 55.0 Å². The molecule has 284 valence electrons. The molecule has 0 bridgehead atoms. The van der Waals surface area contributed by atoms with Gasteiger partial charge >= 0.3 is 0 Å². The number of piperidine rings is 2. The summed E-state index contributed by atoms with van der Waals surface area (Å²) in [6, 6.07) is 10.7. The lowest BCUT2D eigenvalue weighted by Gasteiger charge is -2.57. The molecule has 0 spiro atoms. The van der Waals surface area contributed by atoms with E-state index in [9.17, 15) is 24.0 Å². The van der Waals surface area contributed by atoms with E-state index in [0.717, 1.165) is 62.7 Å². The monoisotopic (exact) mass is 745 g/mol. The number of imide groups is 2. The topological polar surface area (TPSA) is 162 Å². The van der Waals surface area contributed by atoms with Gasteiger partial charge in [-0.3, -0.25) is 44.0 Å². The van der Waals surface area contributed by atoms with Gasteiger partial charge in [-0.25, -0.2) is 9.50 Å². The second-order valence-corrected chi connectivity index (χ2v) is 15.8. The molecule has 0 saturated carbocycles. The van der Waals surface area contributed by atoms with Crippen molar-refractivity contribution in [3.8, 4) is 5.75 Å². The third kappa shape index (κ3) is 6.11. The fraction of sp³-hybridized carbons (Fsp3) is 0.425. The number of amides is 5. The number of nitrogens with one attached hydrogen (secondary N) is 2. The number of benzene rings is 2. The molecule has 4 aromatic rings. The van der Waals surface area contributed by atoms with Crippen molar-refractivity contribution in [1.82, 2.24) is 34.6 Å². The lowest BCUT2D eigenvalue weighted by atomic mass is 9.86. The minimum absolute atomic E-state index is 0.0245. The standard InChI is InChI=1S/C40H43N9O6/c1-23(2)55-33-16-25-20-45(19-24(25)15-31(33)43-36(51)30-18-42-48-12-4-11-41-35(30)48)26-9-13-47(14-10-26)40(3)21-46(22-40)27-5-6-28-29(17-27)39(54)49(38(28)53)32-7-8-34(50)44-37(32)52/h4-6,11-12,15-18,23,26,32H,7-10,13-14,19-22H2,1-3H3,(H,43,51)(H,44,50,52). The van der Waals surface area contributed by atoms with Crippen LogP contribution in [0, 0.1) is 0 Å². The molecule has 3 fully saturated rings. The number of hydrogen-bond acceptors (Lipinski definition) is 11. The van der Waals surface area contributed by atoms with Crippen molar-refractivity contribution in [1.29, 1.82) is 0 Å². The molecule has 0 radical (unpaired) electrons. The Morgan fingerprint density at radius 2 is 1.73 bits per heavy atom. The van der Waals surface area contributed by atoms with Crippen molar-refractivity contribution in [3.05, 3.63) is 82.8 Å². The van der Waals surface area contributed by atoms with Crippen LogP contribution in [0.3, 0.4) is 0 Å². The van der Waals surface area contributed by atoms with E-state index in [1.54, 1.807) is 35.1 Å². The van der Waals surface area contributed by atoms with Crippen LogP contribution >= 0.6 is 0 Å². The predicted molar refractivity (Wildman–Crippen MR) is 201 cm³/mol. The zero-order valence-corrected chi connectivity index (χ0v) is 31.1. The SMILES string of the molecule is CC(C)Oc1cc2c(cc1NC(=O)c1cnn3cccnc13)CN(C1CCN(C3(C)CN(c4ccc5c(c4)C(=O)N(C4CCC(=O)NC4=O)C5=O)C3)CC1)C2. The fourth-order valence-corrected chi connectivity index (χ4v) is 8.92. The lowest BCUT2D eigenvalue weighted by Crippen LogP contribution is -2.70. The molecule has 0 aliphatic carbocycles. The van der Waals surface area contributed by atoms with Crippen LogP contribution < -0.4 is 20.3 Å². The van der Waals surface area contributed by atoms with Crippen LogP contribution in [0.4, 0.5) is 11.4 Å². The van der Waals surface area contributed by atoms with E-state index >= 15 is 0 Å². The molecule has 5 amide bonds. The maximum absolute atomic E-state index is 13.4. The van der Waals surface area contributed by atoms with Gasteiger partial charge in [-0.15, -0.1) is 0 Å². The molecule has 7 heterocycles. The van der Waals surface area contributed by atoms with Gasteiger partial charge in [0.2, 0.25) is 11.8 Å². The van der Waals surface area contributed by atoms with E-state index in [-0.39, 0.29) is 30.4 Å². The first-order valence-corrected chi connectivity index (χ1v) is 19.0. The number of fused-ring (bicyclic) bond motifs is 3. The Labute approximate surface area is 317 Å². The van der Waals surface area contributed by atoms with Crippen molar-refractivity contribution in [3.63, 3.8) is 0 Å². The Kier molecular flexibility index (Phi) is 8.46. The average Bonchev–Trinajstić information content (AvgIpc) is 3.84. The predicted octanol–water partition coefficient (Wildman–Crippen LogP) is 3.23. The number of likely N-dealkylation sites (tertiary alicyclic amines) is 1. The molecular formula is C40H43N9O6. The molecule has 15 nitrogen and oxygen atoms in total. The van der Waals surface area contributed by atoms with Crippen LogP contribution in [-0.2, 0) is 22.7 Å². The fourth-order valence-electron chi connectivity index (χ4n) is 8.92. The molecule has 2 aromatic heterocycles. The van der Waals surface area contributed by atoms with E-state index in [2.05, 4.69) is 54.5 Å². The molecule has 5 aliphatic heterocycles. The van der Waals surface area contributed by atoms with Gasteiger partial charge in [0.25, 0.3) is 17.7 Å². The van der Waals surface area contributed by atoms with E-state index in [0.29, 0.717) is 39.8 Å². The highest BCUT2D eigenvalue weighted by Gasteiger charge is 2.48. The van der Waals surface area contributed by atoms with Gasteiger partial charge in [0.1, 0.15) is 17.4 Å². The minimum atomic E-state index is -0.979. The van der Waals surface area contributed by atoms with Crippen molar-refractivity contribution < 1.29 is 28.7 Å². The summed E-state index contributed by atoms with van der Waals surface area (Å²) < 4.78 is 7.78. The number of carbonyl (C=O) groups excluding carboxylic acids is 5. The summed E-state index contributed by atoms with van der Waals surface area (Å²) in [5.41, 5.74) is 5.36. The maximum Gasteiger partial charge on any atom is 0.262 e. The molecule has 1 atom stereocenters. The second-order valence-electron chi connectivity index (χ2n) is 15.8. The van der Waals surface area contributed by atoms with Gasteiger partial charge in [-0.2, -0.15) is 5.10 Å². The van der Waals surface area contributed by atoms with Gasteiger partial charge < -0.3 is 15.0 Å². The highest BCUT2D eigenvalue weighted by atomic mass is 16.5. The number of anilines is 2. The molecule has 15 heteroatoms. The van der Waals surface area contributed by atoms with Gasteiger partial charge in [-0.05, 0) is 87.6 Å².